The molecule has 0 spiro atoms. The molecular weight excluding hydrogens is 486 g/mol. The third-order valence-corrected chi connectivity index (χ3v) is 7.42. The number of aliphatic hydroxyl groups is 1. The maximum atomic E-state index is 13.6. The summed E-state index contributed by atoms with van der Waals surface area (Å²) in [6.45, 7) is 0.0784. The summed E-state index contributed by atoms with van der Waals surface area (Å²) in [4.78, 5) is 28.5. The predicted molar refractivity (Wildman–Crippen MR) is 140 cm³/mol. The van der Waals surface area contributed by atoms with Gasteiger partial charge in [-0.05, 0) is 72.7 Å². The normalized spacial score (nSPS) is 19.4. The number of rotatable bonds is 5. The number of amides is 1. The molecule has 1 unspecified atom stereocenters. The van der Waals surface area contributed by atoms with Gasteiger partial charge in [0.25, 0.3) is 11.7 Å². The molecule has 0 aromatic heterocycles. The van der Waals surface area contributed by atoms with Gasteiger partial charge in [0.1, 0.15) is 5.76 Å². The number of hydrogen-bond donors (Lipinski definition) is 1. The summed E-state index contributed by atoms with van der Waals surface area (Å²) in [7, 11) is 3.05. The van der Waals surface area contributed by atoms with Gasteiger partial charge < -0.3 is 24.1 Å². The van der Waals surface area contributed by atoms with Gasteiger partial charge in [0.15, 0.2) is 23.0 Å². The maximum Gasteiger partial charge on any atom is 0.300 e. The van der Waals surface area contributed by atoms with Gasteiger partial charge in [-0.1, -0.05) is 18.2 Å². The third kappa shape index (κ3) is 3.84. The van der Waals surface area contributed by atoms with Crippen LogP contribution in [0.3, 0.4) is 0 Å². The first kappa shape index (κ1) is 23.9. The second kappa shape index (κ2) is 9.45. The summed E-state index contributed by atoms with van der Waals surface area (Å²) in [5.41, 5.74) is 3.97. The highest BCUT2D eigenvalue weighted by atomic mass is 16.7. The van der Waals surface area contributed by atoms with Crippen LogP contribution in [0.4, 0.5) is 5.69 Å². The van der Waals surface area contributed by atoms with Gasteiger partial charge in [-0.25, -0.2) is 0 Å². The molecule has 1 saturated heterocycles. The number of ether oxygens (including phenoxy) is 4. The summed E-state index contributed by atoms with van der Waals surface area (Å²) in [5.74, 6) is 0.258. The Morgan fingerprint density at radius 2 is 1.63 bits per heavy atom. The van der Waals surface area contributed by atoms with E-state index in [4.69, 9.17) is 18.9 Å². The van der Waals surface area contributed by atoms with Crippen molar-refractivity contribution in [3.05, 3.63) is 82.4 Å². The van der Waals surface area contributed by atoms with Gasteiger partial charge in [-0.15, -0.1) is 0 Å². The lowest BCUT2D eigenvalue weighted by Crippen LogP contribution is -2.29. The molecule has 1 atom stereocenters. The van der Waals surface area contributed by atoms with Crippen molar-refractivity contribution in [2.45, 2.75) is 31.7 Å². The Hall–Kier alpha value is -4.46. The summed E-state index contributed by atoms with van der Waals surface area (Å²) in [6, 6.07) is 15.1. The van der Waals surface area contributed by atoms with Crippen LogP contribution in [0.15, 0.2) is 60.2 Å². The molecule has 0 radical (unpaired) electrons. The SMILES string of the molecule is COc1ccc(C2/C(=C(\O)c3ccc4c(c3)CCCC4)C(=O)C(=O)N2c2ccc3c(c2)OCO3)cc1OC. The minimum absolute atomic E-state index is 0.00986. The highest BCUT2D eigenvalue weighted by Crippen LogP contribution is 2.46. The Kier molecular flexibility index (Phi) is 5.94. The average molecular weight is 514 g/mol. The number of carbonyl (C=O) groups is 2. The van der Waals surface area contributed by atoms with E-state index in [1.54, 1.807) is 36.4 Å². The highest BCUT2D eigenvalue weighted by Gasteiger charge is 2.47. The van der Waals surface area contributed by atoms with E-state index in [-0.39, 0.29) is 18.1 Å². The maximum absolute atomic E-state index is 13.6. The molecule has 3 aromatic carbocycles. The van der Waals surface area contributed by atoms with Crippen molar-refractivity contribution in [1.82, 2.24) is 0 Å². The number of hydrogen-bond acceptors (Lipinski definition) is 7. The summed E-state index contributed by atoms with van der Waals surface area (Å²) >= 11 is 0. The molecule has 6 rings (SSSR count). The van der Waals surface area contributed by atoms with E-state index in [9.17, 15) is 14.7 Å². The van der Waals surface area contributed by atoms with E-state index in [1.165, 1.54) is 24.7 Å². The second-order valence-electron chi connectivity index (χ2n) is 9.51. The summed E-state index contributed by atoms with van der Waals surface area (Å²) < 4.78 is 21.8. The molecule has 2 aliphatic heterocycles. The lowest BCUT2D eigenvalue weighted by Gasteiger charge is -2.26. The number of anilines is 1. The number of fused-ring (bicyclic) bond motifs is 2. The van der Waals surface area contributed by atoms with E-state index >= 15 is 0 Å². The molecule has 0 saturated carbocycles. The largest absolute Gasteiger partial charge is 0.507 e. The number of Topliss-reactive ketones (excluding diaryl/α,β-unsaturated/α-hetero) is 1. The first-order chi connectivity index (χ1) is 18.5. The van der Waals surface area contributed by atoms with Gasteiger partial charge in [0.05, 0.1) is 25.8 Å². The van der Waals surface area contributed by atoms with Crippen LogP contribution in [0.2, 0.25) is 0 Å². The molecule has 1 N–H and O–H groups in total. The van der Waals surface area contributed by atoms with Crippen LogP contribution in [0.5, 0.6) is 23.0 Å². The van der Waals surface area contributed by atoms with Crippen LogP contribution < -0.4 is 23.8 Å². The summed E-state index contributed by atoms with van der Waals surface area (Å²) in [5, 5.41) is 11.6. The molecule has 8 heteroatoms. The van der Waals surface area contributed by atoms with Crippen molar-refractivity contribution in [3.63, 3.8) is 0 Å². The monoisotopic (exact) mass is 513 g/mol. The molecule has 2 heterocycles. The lowest BCUT2D eigenvalue weighted by atomic mass is 9.88. The fraction of sp³-hybridized carbons (Fsp3) is 0.267. The molecule has 3 aliphatic rings. The number of methoxy groups -OCH3 is 2. The van der Waals surface area contributed by atoms with Crippen LogP contribution >= 0.6 is 0 Å². The number of aryl methyl sites for hydroxylation is 2. The van der Waals surface area contributed by atoms with E-state index in [2.05, 4.69) is 0 Å². The van der Waals surface area contributed by atoms with E-state index in [0.29, 0.717) is 39.8 Å². The van der Waals surface area contributed by atoms with Crippen molar-refractivity contribution < 1.29 is 33.6 Å². The smallest absolute Gasteiger partial charge is 0.300 e. The Labute approximate surface area is 220 Å². The van der Waals surface area contributed by atoms with Crippen LogP contribution in [-0.4, -0.2) is 37.8 Å². The van der Waals surface area contributed by atoms with Crippen molar-refractivity contribution in [1.29, 1.82) is 0 Å². The number of ketones is 1. The van der Waals surface area contributed by atoms with Crippen molar-refractivity contribution in [2.75, 3.05) is 25.9 Å². The van der Waals surface area contributed by atoms with Gasteiger partial charge in [0, 0.05) is 17.3 Å². The molecule has 3 aromatic rings. The van der Waals surface area contributed by atoms with Crippen molar-refractivity contribution in [2.24, 2.45) is 0 Å². The quantitative estimate of drug-likeness (QED) is 0.293. The Balaban J connectivity index is 1.54. The predicted octanol–water partition coefficient (Wildman–Crippen LogP) is 4.94. The minimum Gasteiger partial charge on any atom is -0.507 e. The first-order valence-electron chi connectivity index (χ1n) is 12.5. The lowest BCUT2D eigenvalue weighted by molar-refractivity contribution is -0.132. The van der Waals surface area contributed by atoms with E-state index in [0.717, 1.165) is 31.2 Å². The number of benzene rings is 3. The molecule has 38 heavy (non-hydrogen) atoms. The van der Waals surface area contributed by atoms with Gasteiger partial charge in [-0.2, -0.15) is 0 Å². The van der Waals surface area contributed by atoms with Crippen molar-refractivity contribution >= 4 is 23.1 Å². The minimum atomic E-state index is -0.911. The van der Waals surface area contributed by atoms with Crippen LogP contribution in [0.1, 0.15) is 41.1 Å². The van der Waals surface area contributed by atoms with Crippen molar-refractivity contribution in [3.8, 4) is 23.0 Å². The molecule has 194 valence electrons. The van der Waals surface area contributed by atoms with E-state index in [1.807, 2.05) is 18.2 Å². The number of aliphatic hydroxyl groups excluding tert-OH is 1. The molecule has 1 aliphatic carbocycles. The van der Waals surface area contributed by atoms with Crippen LogP contribution in [0, 0.1) is 0 Å². The third-order valence-electron chi connectivity index (χ3n) is 7.42. The number of carbonyl (C=O) groups excluding carboxylic acids is 2. The molecule has 1 amide bonds. The zero-order valence-electron chi connectivity index (χ0n) is 21.2. The second-order valence-corrected chi connectivity index (χ2v) is 9.51. The zero-order chi connectivity index (χ0) is 26.4. The highest BCUT2D eigenvalue weighted by molar-refractivity contribution is 6.51. The van der Waals surface area contributed by atoms with E-state index < -0.39 is 17.7 Å². The topological polar surface area (TPSA) is 94.5 Å². The zero-order valence-corrected chi connectivity index (χ0v) is 21.2. The van der Waals surface area contributed by atoms with Gasteiger partial charge >= 0.3 is 0 Å². The Morgan fingerprint density at radius 3 is 2.42 bits per heavy atom. The molecule has 0 bridgehead atoms. The Bertz CT molecular complexity index is 1490. The van der Waals surface area contributed by atoms with Gasteiger partial charge in [-0.3, -0.25) is 14.5 Å². The first-order valence-corrected chi connectivity index (χ1v) is 12.5. The van der Waals surface area contributed by atoms with Crippen LogP contribution in [0.25, 0.3) is 5.76 Å². The molecule has 8 nitrogen and oxygen atoms in total. The Morgan fingerprint density at radius 1 is 0.868 bits per heavy atom. The van der Waals surface area contributed by atoms with Crippen LogP contribution in [-0.2, 0) is 22.4 Å². The average Bonchev–Trinajstić information content (AvgIpc) is 3.53. The molecular formula is C30H27NO7. The fourth-order valence-corrected chi connectivity index (χ4v) is 5.51. The standard InChI is InChI=1S/C30H27NO7/c1-35-22-11-9-19(14-24(22)36-2)27-26(28(32)20-8-7-17-5-3-4-6-18(17)13-20)29(33)30(34)31(27)21-10-12-23-25(15-21)38-16-37-23/h7-15,27,32H,3-6,16H2,1-2H3/b28-26+. The number of nitrogens with zero attached hydrogens (tertiary/aromatic N) is 1. The summed E-state index contributed by atoms with van der Waals surface area (Å²) in [6.07, 6.45) is 4.13. The van der Waals surface area contributed by atoms with Gasteiger partial charge in [0.2, 0.25) is 6.79 Å². The fourth-order valence-electron chi connectivity index (χ4n) is 5.51. The molecule has 1 fully saturated rings.